The van der Waals surface area contributed by atoms with Crippen molar-refractivity contribution in [2.45, 2.75) is 32.7 Å². The lowest BCUT2D eigenvalue weighted by atomic mass is 9.91. The first-order valence-electron chi connectivity index (χ1n) is 9.27. The molecule has 0 aromatic heterocycles. The Balaban J connectivity index is 1.96. The fourth-order valence-corrected chi connectivity index (χ4v) is 4.04. The third-order valence-corrected chi connectivity index (χ3v) is 5.95. The molecule has 7 heteroatoms. The minimum Gasteiger partial charge on any atom is -0.503 e. The van der Waals surface area contributed by atoms with E-state index in [9.17, 15) is 14.7 Å². The highest BCUT2D eigenvalue weighted by atomic mass is 35.5. The summed E-state index contributed by atoms with van der Waals surface area (Å²) in [6.07, 6.45) is 2.31. The molecule has 1 fully saturated rings. The van der Waals surface area contributed by atoms with Crippen LogP contribution in [0.25, 0.3) is 0 Å². The lowest BCUT2D eigenvalue weighted by Gasteiger charge is -2.29. The van der Waals surface area contributed by atoms with Gasteiger partial charge in [0.1, 0.15) is 0 Å². The maximum atomic E-state index is 12.8. The molecule has 1 atom stereocenters. The zero-order valence-corrected chi connectivity index (χ0v) is 17.1. The number of nitrogens with zero attached hydrogens (tertiary/aromatic N) is 2. The number of benzene rings is 1. The SMILES string of the molecule is CC(C)C(=O)C1=C(O)C(=O)N(CCN2CCCC2)C1c1ccc(Cl)c(Cl)c1. The topological polar surface area (TPSA) is 60.9 Å². The lowest BCUT2D eigenvalue weighted by molar-refractivity contribution is -0.129. The standard InChI is InChI=1S/C20H24Cl2N2O3/c1-12(2)18(25)16-17(13-5-6-14(21)15(22)11-13)24(20(27)19(16)26)10-9-23-7-3-4-8-23/h5-6,11-12,17,26H,3-4,7-10H2,1-2H3. The second-order valence-corrected chi connectivity index (χ2v) is 8.22. The molecule has 1 amide bonds. The fourth-order valence-electron chi connectivity index (χ4n) is 3.73. The zero-order chi connectivity index (χ0) is 19.7. The monoisotopic (exact) mass is 410 g/mol. The van der Waals surface area contributed by atoms with Crippen molar-refractivity contribution >= 4 is 34.9 Å². The highest BCUT2D eigenvalue weighted by molar-refractivity contribution is 6.42. The highest BCUT2D eigenvalue weighted by Crippen LogP contribution is 2.40. The van der Waals surface area contributed by atoms with Gasteiger partial charge in [0.2, 0.25) is 0 Å². The first-order valence-corrected chi connectivity index (χ1v) is 10.0. The average Bonchev–Trinajstić information content (AvgIpc) is 3.23. The number of carbonyl (C=O) groups excluding carboxylic acids is 2. The zero-order valence-electron chi connectivity index (χ0n) is 15.5. The van der Waals surface area contributed by atoms with Crippen LogP contribution in [0.15, 0.2) is 29.5 Å². The first kappa shape index (κ1) is 20.2. The highest BCUT2D eigenvalue weighted by Gasteiger charge is 2.44. The molecule has 3 rings (SSSR count). The molecule has 2 heterocycles. The van der Waals surface area contributed by atoms with Crippen LogP contribution in [0.1, 0.15) is 38.3 Å². The molecule has 1 N–H and O–H groups in total. The van der Waals surface area contributed by atoms with Crippen LogP contribution in [0.3, 0.4) is 0 Å². The van der Waals surface area contributed by atoms with E-state index in [0.717, 1.165) is 25.9 Å². The molecule has 1 aromatic carbocycles. The second kappa shape index (κ2) is 8.21. The van der Waals surface area contributed by atoms with Crippen LogP contribution in [0, 0.1) is 5.92 Å². The van der Waals surface area contributed by atoms with Gasteiger partial charge in [-0.3, -0.25) is 9.59 Å². The Bertz CT molecular complexity index is 785. The molecule has 1 saturated heterocycles. The number of hydrogen-bond donors (Lipinski definition) is 1. The second-order valence-electron chi connectivity index (χ2n) is 7.40. The Morgan fingerprint density at radius 2 is 1.85 bits per heavy atom. The largest absolute Gasteiger partial charge is 0.503 e. The van der Waals surface area contributed by atoms with Crippen LogP contribution in [-0.4, -0.2) is 52.8 Å². The van der Waals surface area contributed by atoms with Gasteiger partial charge < -0.3 is 14.9 Å². The Morgan fingerprint density at radius 3 is 2.44 bits per heavy atom. The first-order chi connectivity index (χ1) is 12.8. The molecular weight excluding hydrogens is 387 g/mol. The smallest absolute Gasteiger partial charge is 0.290 e. The fraction of sp³-hybridized carbons (Fsp3) is 0.500. The number of rotatable bonds is 6. The van der Waals surface area contributed by atoms with Crippen LogP contribution in [0.4, 0.5) is 0 Å². The van der Waals surface area contributed by atoms with Crippen molar-refractivity contribution in [3.8, 4) is 0 Å². The van der Waals surface area contributed by atoms with Crippen molar-refractivity contribution < 1.29 is 14.7 Å². The Kier molecular flexibility index (Phi) is 6.14. The van der Waals surface area contributed by atoms with E-state index in [-0.39, 0.29) is 17.3 Å². The summed E-state index contributed by atoms with van der Waals surface area (Å²) < 4.78 is 0. The molecule has 0 aliphatic carbocycles. The van der Waals surface area contributed by atoms with Gasteiger partial charge >= 0.3 is 0 Å². The normalized spacial score (nSPS) is 21.0. The number of ketones is 1. The number of likely N-dealkylation sites (tertiary alicyclic amines) is 1. The van der Waals surface area contributed by atoms with Crippen molar-refractivity contribution in [1.29, 1.82) is 0 Å². The summed E-state index contributed by atoms with van der Waals surface area (Å²) in [5.41, 5.74) is 0.821. The molecule has 1 unspecified atom stereocenters. The molecular formula is C20H24Cl2N2O3. The minimum absolute atomic E-state index is 0.148. The van der Waals surface area contributed by atoms with Gasteiger partial charge in [-0.15, -0.1) is 0 Å². The van der Waals surface area contributed by atoms with E-state index in [0.29, 0.717) is 28.7 Å². The number of carbonyl (C=O) groups is 2. The van der Waals surface area contributed by atoms with Crippen LogP contribution < -0.4 is 0 Å². The molecule has 27 heavy (non-hydrogen) atoms. The van der Waals surface area contributed by atoms with E-state index in [1.54, 1.807) is 36.9 Å². The molecule has 0 saturated carbocycles. The lowest BCUT2D eigenvalue weighted by Crippen LogP contribution is -2.38. The Labute approximate surface area is 169 Å². The summed E-state index contributed by atoms with van der Waals surface area (Å²) in [7, 11) is 0. The van der Waals surface area contributed by atoms with Gasteiger partial charge in [-0.25, -0.2) is 0 Å². The van der Waals surface area contributed by atoms with Crippen molar-refractivity contribution in [1.82, 2.24) is 9.80 Å². The molecule has 0 spiro atoms. The number of hydrogen-bond acceptors (Lipinski definition) is 4. The molecule has 0 bridgehead atoms. The third kappa shape index (κ3) is 4.00. The van der Waals surface area contributed by atoms with Gasteiger partial charge in [-0.1, -0.05) is 43.1 Å². The van der Waals surface area contributed by atoms with E-state index in [2.05, 4.69) is 4.90 Å². The molecule has 2 aliphatic heterocycles. The number of aliphatic hydroxyl groups is 1. The van der Waals surface area contributed by atoms with Gasteiger partial charge in [-0.05, 0) is 43.6 Å². The summed E-state index contributed by atoms with van der Waals surface area (Å²) in [5.74, 6) is -1.53. The van der Waals surface area contributed by atoms with E-state index >= 15 is 0 Å². The summed E-state index contributed by atoms with van der Waals surface area (Å²) in [6, 6.07) is 4.41. The number of Topliss-reactive ketones (excluding diaryl/α,β-unsaturated/α-hetero) is 1. The summed E-state index contributed by atoms with van der Waals surface area (Å²) >= 11 is 12.2. The van der Waals surface area contributed by atoms with Gasteiger partial charge in [0.25, 0.3) is 5.91 Å². The molecule has 1 aromatic rings. The van der Waals surface area contributed by atoms with Crippen LogP contribution in [-0.2, 0) is 9.59 Å². The summed E-state index contributed by atoms with van der Waals surface area (Å²) in [6.45, 7) is 6.67. The van der Waals surface area contributed by atoms with Gasteiger partial charge in [0, 0.05) is 19.0 Å². The van der Waals surface area contributed by atoms with Crippen molar-refractivity contribution in [3.63, 3.8) is 0 Å². The minimum atomic E-state index is -0.648. The summed E-state index contributed by atoms with van der Waals surface area (Å²) in [4.78, 5) is 29.4. The van der Waals surface area contributed by atoms with Crippen LogP contribution >= 0.6 is 23.2 Å². The van der Waals surface area contributed by atoms with E-state index < -0.39 is 17.7 Å². The van der Waals surface area contributed by atoms with Gasteiger partial charge in [0.15, 0.2) is 11.5 Å². The van der Waals surface area contributed by atoms with E-state index in [1.165, 1.54) is 0 Å². The van der Waals surface area contributed by atoms with Crippen molar-refractivity contribution in [2.24, 2.45) is 5.92 Å². The van der Waals surface area contributed by atoms with Crippen LogP contribution in [0.5, 0.6) is 0 Å². The molecule has 2 aliphatic rings. The average molecular weight is 411 g/mol. The third-order valence-electron chi connectivity index (χ3n) is 5.21. The Hall–Kier alpha value is -1.56. The van der Waals surface area contributed by atoms with Gasteiger partial charge in [0.05, 0.1) is 21.7 Å². The quantitative estimate of drug-likeness (QED) is 0.769. The van der Waals surface area contributed by atoms with E-state index in [4.69, 9.17) is 23.2 Å². The predicted molar refractivity (Wildman–Crippen MR) is 106 cm³/mol. The maximum Gasteiger partial charge on any atom is 0.290 e. The summed E-state index contributed by atoms with van der Waals surface area (Å²) in [5, 5.41) is 11.2. The maximum absolute atomic E-state index is 12.8. The number of aliphatic hydroxyl groups excluding tert-OH is 1. The number of amides is 1. The molecule has 0 radical (unpaired) electrons. The van der Waals surface area contributed by atoms with Crippen molar-refractivity contribution in [2.75, 3.05) is 26.2 Å². The number of halogens is 2. The predicted octanol–water partition coefficient (Wildman–Crippen LogP) is 4.01. The van der Waals surface area contributed by atoms with Crippen molar-refractivity contribution in [3.05, 3.63) is 45.1 Å². The Morgan fingerprint density at radius 1 is 1.19 bits per heavy atom. The van der Waals surface area contributed by atoms with Gasteiger partial charge in [-0.2, -0.15) is 0 Å². The van der Waals surface area contributed by atoms with E-state index in [1.807, 2.05) is 0 Å². The molecule has 146 valence electrons. The van der Waals surface area contributed by atoms with Crippen LogP contribution in [0.2, 0.25) is 10.0 Å². The molecule has 5 nitrogen and oxygen atoms in total.